The van der Waals surface area contributed by atoms with E-state index in [4.69, 9.17) is 4.74 Å². The molecule has 2 heterocycles. The van der Waals surface area contributed by atoms with Gasteiger partial charge in [-0.3, -0.25) is 4.79 Å². The third-order valence-electron chi connectivity index (χ3n) is 5.64. The van der Waals surface area contributed by atoms with Crippen LogP contribution in [0.4, 0.5) is 18.0 Å². The van der Waals surface area contributed by atoms with Crippen LogP contribution in [0.1, 0.15) is 74.4 Å². The van der Waals surface area contributed by atoms with E-state index in [2.05, 4.69) is 0 Å². The van der Waals surface area contributed by atoms with Gasteiger partial charge in [-0.2, -0.15) is 13.2 Å². The average molecular weight is 411 g/mol. The molecule has 2 saturated heterocycles. The lowest BCUT2D eigenvalue weighted by Crippen LogP contribution is -2.56. The summed E-state index contributed by atoms with van der Waals surface area (Å²) in [5, 5.41) is 0. The van der Waals surface area contributed by atoms with Crippen LogP contribution < -0.4 is 0 Å². The number of piperidine rings is 2. The van der Waals surface area contributed by atoms with Gasteiger partial charge in [-0.1, -0.05) is 0 Å². The Morgan fingerprint density at radius 2 is 1.62 bits per heavy atom. The molecule has 3 rings (SSSR count). The first-order valence-electron chi connectivity index (χ1n) is 10.1. The number of ketones is 1. The molecule has 1 aromatic rings. The molecule has 1 amide bonds. The zero-order valence-electron chi connectivity index (χ0n) is 17.3. The lowest BCUT2D eigenvalue weighted by Gasteiger charge is -2.48. The van der Waals surface area contributed by atoms with Crippen molar-refractivity contribution in [3.8, 4) is 0 Å². The van der Waals surface area contributed by atoms with E-state index in [1.165, 1.54) is 6.07 Å². The molecule has 2 bridgehead atoms. The number of rotatable bonds is 2. The minimum Gasteiger partial charge on any atom is -0.444 e. The summed E-state index contributed by atoms with van der Waals surface area (Å²) in [5.41, 5.74) is -0.888. The van der Waals surface area contributed by atoms with Crippen LogP contribution in [-0.4, -0.2) is 34.5 Å². The monoisotopic (exact) mass is 411 g/mol. The topological polar surface area (TPSA) is 46.6 Å². The number of alkyl halides is 3. The zero-order chi connectivity index (χ0) is 21.6. The Hall–Kier alpha value is -2.05. The fraction of sp³-hybridized carbons (Fsp3) is 0.636. The number of aryl methyl sites for hydroxylation is 1. The third kappa shape index (κ3) is 4.93. The standard InChI is InChI=1S/C22H28F3NO3/c1-13-8-14(10-16(9-13)22(23,24)25)19(27)15-11-17-6-5-7-18(12-15)26(17)20(28)29-21(2,3)4/h8-10,15,17-18H,5-7,11-12H2,1-4H3. The Morgan fingerprint density at radius 3 is 2.14 bits per heavy atom. The van der Waals surface area contributed by atoms with Crippen LogP contribution in [0.5, 0.6) is 0 Å². The van der Waals surface area contributed by atoms with Gasteiger partial charge in [0.2, 0.25) is 0 Å². The molecule has 2 aliphatic heterocycles. The third-order valence-corrected chi connectivity index (χ3v) is 5.64. The molecule has 29 heavy (non-hydrogen) atoms. The van der Waals surface area contributed by atoms with Crippen molar-refractivity contribution in [2.24, 2.45) is 5.92 Å². The second-order valence-corrected chi connectivity index (χ2v) is 9.24. The molecule has 1 aromatic carbocycles. The Balaban J connectivity index is 1.80. The van der Waals surface area contributed by atoms with Crippen molar-refractivity contribution in [1.29, 1.82) is 0 Å². The lowest BCUT2D eigenvalue weighted by molar-refractivity contribution is -0.137. The number of hydrogen-bond acceptors (Lipinski definition) is 3. The fourth-order valence-corrected chi connectivity index (χ4v) is 4.53. The summed E-state index contributed by atoms with van der Waals surface area (Å²) in [4.78, 5) is 27.5. The van der Waals surface area contributed by atoms with Crippen LogP contribution in [0.3, 0.4) is 0 Å². The second kappa shape index (κ2) is 7.65. The number of amides is 1. The number of ether oxygens (including phenoxy) is 1. The first kappa shape index (κ1) is 21.7. The van der Waals surface area contributed by atoms with Crippen molar-refractivity contribution in [1.82, 2.24) is 4.90 Å². The number of fused-ring (bicyclic) bond motifs is 2. The largest absolute Gasteiger partial charge is 0.444 e. The fourth-order valence-electron chi connectivity index (χ4n) is 4.53. The van der Waals surface area contributed by atoms with E-state index in [-0.39, 0.29) is 35.4 Å². The van der Waals surface area contributed by atoms with Gasteiger partial charge in [0.25, 0.3) is 0 Å². The number of carbonyl (C=O) groups is 2. The molecule has 7 heteroatoms. The average Bonchev–Trinajstić information content (AvgIpc) is 2.57. The van der Waals surface area contributed by atoms with E-state index >= 15 is 0 Å². The maximum absolute atomic E-state index is 13.1. The van der Waals surface area contributed by atoms with Crippen molar-refractivity contribution in [2.45, 2.75) is 83.7 Å². The summed E-state index contributed by atoms with van der Waals surface area (Å²) in [6.45, 7) is 7.00. The molecule has 0 saturated carbocycles. The molecular weight excluding hydrogens is 383 g/mol. The van der Waals surface area contributed by atoms with Crippen LogP contribution in [0.2, 0.25) is 0 Å². The summed E-state index contributed by atoms with van der Waals surface area (Å²) in [6, 6.07) is 3.30. The van der Waals surface area contributed by atoms with E-state index in [0.717, 1.165) is 31.4 Å². The van der Waals surface area contributed by atoms with Gasteiger partial charge in [-0.05, 0) is 83.6 Å². The molecule has 2 atom stereocenters. The van der Waals surface area contributed by atoms with Crippen LogP contribution in [-0.2, 0) is 10.9 Å². The number of nitrogens with zero attached hydrogens (tertiary/aromatic N) is 1. The van der Waals surface area contributed by atoms with Gasteiger partial charge in [0, 0.05) is 23.6 Å². The van der Waals surface area contributed by atoms with Crippen LogP contribution >= 0.6 is 0 Å². The summed E-state index contributed by atoms with van der Waals surface area (Å²) in [6.07, 6.45) is -1.40. The summed E-state index contributed by atoms with van der Waals surface area (Å²) >= 11 is 0. The van der Waals surface area contributed by atoms with Crippen molar-refractivity contribution in [3.05, 3.63) is 34.9 Å². The van der Waals surface area contributed by atoms with E-state index in [1.54, 1.807) is 11.8 Å². The Bertz CT molecular complexity index is 783. The minimum absolute atomic E-state index is 0.103. The highest BCUT2D eigenvalue weighted by Crippen LogP contribution is 2.40. The highest BCUT2D eigenvalue weighted by Gasteiger charge is 2.44. The van der Waals surface area contributed by atoms with E-state index in [0.29, 0.717) is 18.4 Å². The minimum atomic E-state index is -4.49. The van der Waals surface area contributed by atoms with Gasteiger partial charge in [0.05, 0.1) is 5.56 Å². The molecule has 0 aromatic heterocycles. The number of benzene rings is 1. The molecular formula is C22H28F3NO3. The van der Waals surface area contributed by atoms with Crippen molar-refractivity contribution in [3.63, 3.8) is 0 Å². The van der Waals surface area contributed by atoms with Crippen molar-refractivity contribution < 1.29 is 27.5 Å². The Labute approximate surface area is 169 Å². The van der Waals surface area contributed by atoms with E-state index < -0.39 is 17.3 Å². The molecule has 160 valence electrons. The Morgan fingerprint density at radius 1 is 1.03 bits per heavy atom. The highest BCUT2D eigenvalue weighted by molar-refractivity contribution is 5.98. The predicted octanol–water partition coefficient (Wildman–Crippen LogP) is 5.76. The first-order valence-corrected chi connectivity index (χ1v) is 10.1. The van der Waals surface area contributed by atoms with Gasteiger partial charge in [-0.15, -0.1) is 0 Å². The SMILES string of the molecule is Cc1cc(C(=O)C2CC3CCCC(C2)N3C(=O)OC(C)(C)C)cc(C(F)(F)F)c1. The number of carbonyl (C=O) groups excluding carboxylic acids is 2. The molecule has 0 N–H and O–H groups in total. The zero-order valence-corrected chi connectivity index (χ0v) is 17.3. The normalized spacial score (nSPS) is 24.9. The van der Waals surface area contributed by atoms with Crippen LogP contribution in [0.15, 0.2) is 18.2 Å². The van der Waals surface area contributed by atoms with Gasteiger partial charge < -0.3 is 9.64 Å². The second-order valence-electron chi connectivity index (χ2n) is 9.24. The molecule has 2 aliphatic rings. The lowest BCUT2D eigenvalue weighted by atomic mass is 9.75. The smallest absolute Gasteiger partial charge is 0.416 e. The molecule has 2 fully saturated rings. The predicted molar refractivity (Wildman–Crippen MR) is 103 cm³/mol. The molecule has 4 nitrogen and oxygen atoms in total. The first-order chi connectivity index (χ1) is 13.3. The van der Waals surface area contributed by atoms with Gasteiger partial charge in [0.1, 0.15) is 5.60 Å². The number of Topliss-reactive ketones (excluding diaryl/α,β-unsaturated/α-hetero) is 1. The molecule has 2 unspecified atom stereocenters. The number of halogens is 3. The molecule has 0 aliphatic carbocycles. The van der Waals surface area contributed by atoms with Crippen LogP contribution in [0, 0.1) is 12.8 Å². The molecule has 0 spiro atoms. The maximum atomic E-state index is 13.1. The quantitative estimate of drug-likeness (QED) is 0.581. The Kier molecular flexibility index (Phi) is 5.71. The van der Waals surface area contributed by atoms with Gasteiger partial charge in [-0.25, -0.2) is 4.79 Å². The maximum Gasteiger partial charge on any atom is 0.416 e. The summed E-state index contributed by atoms with van der Waals surface area (Å²) in [7, 11) is 0. The van der Waals surface area contributed by atoms with Crippen LogP contribution in [0.25, 0.3) is 0 Å². The summed E-state index contributed by atoms with van der Waals surface area (Å²) < 4.78 is 45.0. The van der Waals surface area contributed by atoms with E-state index in [9.17, 15) is 22.8 Å². The van der Waals surface area contributed by atoms with Crippen molar-refractivity contribution in [2.75, 3.05) is 0 Å². The molecule has 0 radical (unpaired) electrons. The summed E-state index contributed by atoms with van der Waals surface area (Å²) in [5.74, 6) is -0.646. The van der Waals surface area contributed by atoms with E-state index in [1.807, 2.05) is 20.8 Å². The van der Waals surface area contributed by atoms with Gasteiger partial charge in [0.15, 0.2) is 5.78 Å². The highest BCUT2D eigenvalue weighted by atomic mass is 19.4. The van der Waals surface area contributed by atoms with Crippen molar-refractivity contribution >= 4 is 11.9 Å². The number of hydrogen-bond donors (Lipinski definition) is 0. The van der Waals surface area contributed by atoms with Gasteiger partial charge >= 0.3 is 12.3 Å².